The van der Waals surface area contributed by atoms with Gasteiger partial charge in [-0.25, -0.2) is 4.79 Å². The number of Topliss-reactive ketones (excluding diaryl/α,β-unsaturated/α-hetero) is 1. The van der Waals surface area contributed by atoms with E-state index in [0.29, 0.717) is 12.0 Å². The van der Waals surface area contributed by atoms with Crippen molar-refractivity contribution >= 4 is 17.7 Å². The zero-order chi connectivity index (χ0) is 26.1. The minimum absolute atomic E-state index is 0.0178. The van der Waals surface area contributed by atoms with Crippen molar-refractivity contribution in [2.75, 3.05) is 6.61 Å². The number of hydrogen-bond acceptors (Lipinski definition) is 8. The summed E-state index contributed by atoms with van der Waals surface area (Å²) < 4.78 is 17.9. The average Bonchev–Trinajstić information content (AvgIpc) is 2.82. The number of allylic oxidation sites excluding steroid dienone is 1. The molecule has 2 N–H and O–H groups in total. The highest BCUT2D eigenvalue weighted by Crippen LogP contribution is 2.63. The van der Waals surface area contributed by atoms with Crippen molar-refractivity contribution in [2.45, 2.75) is 82.9 Å². The average molecular weight is 499 g/mol. The number of rotatable bonds is 3. The molecular weight excluding hydrogens is 464 g/mol. The van der Waals surface area contributed by atoms with E-state index < -0.39 is 58.2 Å². The first kappa shape index (κ1) is 25.1. The van der Waals surface area contributed by atoms with Crippen molar-refractivity contribution in [2.24, 2.45) is 16.7 Å². The number of fused-ring (bicyclic) bond motifs is 5. The summed E-state index contributed by atoms with van der Waals surface area (Å²) in [7, 11) is 0. The summed E-state index contributed by atoms with van der Waals surface area (Å²) in [5.41, 5.74) is -4.27. The second kappa shape index (κ2) is 8.23. The lowest BCUT2D eigenvalue weighted by Crippen LogP contribution is -2.80. The van der Waals surface area contributed by atoms with Gasteiger partial charge in [0.15, 0.2) is 5.60 Å². The molecule has 2 saturated carbocycles. The Morgan fingerprint density at radius 1 is 1.14 bits per heavy atom. The van der Waals surface area contributed by atoms with Crippen molar-refractivity contribution in [3.63, 3.8) is 0 Å². The van der Waals surface area contributed by atoms with E-state index in [0.717, 1.165) is 5.57 Å². The second-order valence-corrected chi connectivity index (χ2v) is 11.5. The Bertz CT molecular complexity index is 1130. The summed E-state index contributed by atoms with van der Waals surface area (Å²) in [6, 6.07) is 8.43. The molecule has 8 heteroatoms. The maximum Gasteiger partial charge on any atom is 0.338 e. The molecule has 1 aromatic rings. The van der Waals surface area contributed by atoms with Gasteiger partial charge in [-0.2, -0.15) is 0 Å². The summed E-state index contributed by atoms with van der Waals surface area (Å²) in [6.45, 7) is 6.61. The molecule has 36 heavy (non-hydrogen) atoms. The molecule has 0 amide bonds. The number of esters is 2. The third-order valence-corrected chi connectivity index (χ3v) is 9.46. The topological polar surface area (TPSA) is 119 Å². The number of carbonyl (C=O) groups excluding carboxylic acids is 3. The third-order valence-electron chi connectivity index (χ3n) is 9.46. The maximum absolute atomic E-state index is 14.0. The predicted molar refractivity (Wildman–Crippen MR) is 128 cm³/mol. The largest absolute Gasteiger partial charge is 0.455 e. The van der Waals surface area contributed by atoms with Crippen molar-refractivity contribution in [1.29, 1.82) is 0 Å². The van der Waals surface area contributed by atoms with Gasteiger partial charge in [0.2, 0.25) is 0 Å². The second-order valence-electron chi connectivity index (χ2n) is 11.5. The SMILES string of the molecule is CC(=O)O[C@@]12CO[C@@H]1C[C@H](O)[C@@]1(C)C(=O)CC3=CCC[C@@](O)([C@@H](OC(=O)c4ccccc4)[C@H]21)C3(C)C. The normalized spacial score (nSPS) is 40.8. The molecule has 1 saturated heterocycles. The van der Waals surface area contributed by atoms with Crippen molar-refractivity contribution in [3.8, 4) is 0 Å². The summed E-state index contributed by atoms with van der Waals surface area (Å²) in [5, 5.41) is 23.9. The van der Waals surface area contributed by atoms with Crippen LogP contribution >= 0.6 is 0 Å². The molecular formula is C28H34O8. The Kier molecular flexibility index (Phi) is 5.74. The standard InChI is InChI=1S/C28H34O8/c1-16(29)36-27-15-34-21(27)14-20(31)26(4)19(30)13-18-11-8-12-28(33,25(18,2)3)23(22(26)27)35-24(32)17-9-6-5-7-10-17/h5-7,9-11,20-23,31,33H,8,12-15H2,1-4H3/t20-,21+,22-,23-,26+,27-,28+/m0/s1. The van der Waals surface area contributed by atoms with Crippen LogP contribution < -0.4 is 0 Å². The molecule has 2 bridgehead atoms. The van der Waals surface area contributed by atoms with Crippen molar-refractivity contribution < 1.29 is 38.8 Å². The first-order chi connectivity index (χ1) is 16.9. The van der Waals surface area contributed by atoms with Gasteiger partial charge in [-0.3, -0.25) is 9.59 Å². The monoisotopic (exact) mass is 498 g/mol. The molecule has 4 aliphatic rings. The van der Waals surface area contributed by atoms with Gasteiger partial charge in [0.1, 0.15) is 23.6 Å². The molecule has 0 aromatic heterocycles. The zero-order valence-electron chi connectivity index (χ0n) is 21.2. The highest BCUT2D eigenvalue weighted by molar-refractivity contribution is 5.91. The van der Waals surface area contributed by atoms with Crippen LogP contribution in [0.15, 0.2) is 42.0 Å². The molecule has 1 aromatic carbocycles. The van der Waals surface area contributed by atoms with Gasteiger partial charge in [0.05, 0.1) is 29.6 Å². The van der Waals surface area contributed by atoms with Crippen LogP contribution in [0.4, 0.5) is 0 Å². The van der Waals surface area contributed by atoms with Gasteiger partial charge >= 0.3 is 11.9 Å². The van der Waals surface area contributed by atoms with Crippen LogP contribution in [-0.4, -0.2) is 64.1 Å². The van der Waals surface area contributed by atoms with Crippen LogP contribution in [0.5, 0.6) is 0 Å². The van der Waals surface area contributed by atoms with Crippen LogP contribution in [0.3, 0.4) is 0 Å². The van der Waals surface area contributed by atoms with E-state index in [9.17, 15) is 24.6 Å². The Hall–Kier alpha value is -2.55. The lowest BCUT2D eigenvalue weighted by molar-refractivity contribution is -0.343. The number of ether oxygens (including phenoxy) is 3. The van der Waals surface area contributed by atoms with Crippen LogP contribution in [0.1, 0.15) is 63.7 Å². The van der Waals surface area contributed by atoms with Crippen LogP contribution in [0.2, 0.25) is 0 Å². The summed E-state index contributed by atoms with van der Waals surface area (Å²) >= 11 is 0. The van der Waals surface area contributed by atoms with Crippen molar-refractivity contribution in [1.82, 2.24) is 0 Å². The highest BCUT2D eigenvalue weighted by Gasteiger charge is 2.76. The summed E-state index contributed by atoms with van der Waals surface area (Å²) in [6.07, 6.45) is -0.231. The Balaban J connectivity index is 1.74. The van der Waals surface area contributed by atoms with E-state index in [4.69, 9.17) is 14.2 Å². The van der Waals surface area contributed by atoms with Crippen LogP contribution in [0.25, 0.3) is 0 Å². The fourth-order valence-corrected chi connectivity index (χ4v) is 7.11. The molecule has 0 spiro atoms. The van der Waals surface area contributed by atoms with E-state index in [1.807, 2.05) is 19.9 Å². The molecule has 1 heterocycles. The van der Waals surface area contributed by atoms with E-state index in [1.54, 1.807) is 37.3 Å². The maximum atomic E-state index is 14.0. The van der Waals surface area contributed by atoms with Gasteiger partial charge in [-0.1, -0.05) is 43.7 Å². The minimum atomic E-state index is -1.60. The fraction of sp³-hybridized carbons (Fsp3) is 0.607. The molecule has 3 aliphatic carbocycles. The van der Waals surface area contributed by atoms with Gasteiger partial charge in [0.25, 0.3) is 0 Å². The van der Waals surface area contributed by atoms with Gasteiger partial charge in [-0.05, 0) is 31.9 Å². The lowest BCUT2D eigenvalue weighted by Gasteiger charge is -2.66. The number of aliphatic hydroxyl groups is 2. The Morgan fingerprint density at radius 3 is 2.44 bits per heavy atom. The molecule has 7 atom stereocenters. The van der Waals surface area contributed by atoms with Gasteiger partial charge in [-0.15, -0.1) is 0 Å². The summed E-state index contributed by atoms with van der Waals surface area (Å²) in [4.78, 5) is 39.9. The minimum Gasteiger partial charge on any atom is -0.455 e. The molecule has 3 fully saturated rings. The molecule has 0 radical (unpaired) electrons. The molecule has 0 unspecified atom stereocenters. The Labute approximate surface area is 210 Å². The van der Waals surface area contributed by atoms with E-state index in [2.05, 4.69) is 0 Å². The molecule has 1 aliphatic heterocycles. The fourth-order valence-electron chi connectivity index (χ4n) is 7.11. The smallest absolute Gasteiger partial charge is 0.338 e. The predicted octanol–water partition coefficient (Wildman–Crippen LogP) is 2.75. The van der Waals surface area contributed by atoms with Gasteiger partial charge in [0, 0.05) is 25.2 Å². The number of benzene rings is 1. The number of ketones is 1. The van der Waals surface area contributed by atoms with E-state index >= 15 is 0 Å². The van der Waals surface area contributed by atoms with E-state index in [-0.39, 0.29) is 31.7 Å². The first-order valence-corrected chi connectivity index (χ1v) is 12.6. The van der Waals surface area contributed by atoms with Gasteiger partial charge < -0.3 is 24.4 Å². The number of aliphatic hydroxyl groups excluding tert-OH is 1. The third kappa shape index (κ3) is 3.27. The number of hydrogen-bond donors (Lipinski definition) is 2. The summed E-state index contributed by atoms with van der Waals surface area (Å²) in [5.74, 6) is -2.49. The van der Waals surface area contributed by atoms with Crippen molar-refractivity contribution in [3.05, 3.63) is 47.5 Å². The van der Waals surface area contributed by atoms with E-state index in [1.165, 1.54) is 6.92 Å². The Morgan fingerprint density at radius 2 is 1.83 bits per heavy atom. The molecule has 194 valence electrons. The van der Waals surface area contributed by atoms with Crippen LogP contribution in [-0.2, 0) is 23.8 Å². The lowest BCUT2D eigenvalue weighted by atomic mass is 9.46. The zero-order valence-corrected chi connectivity index (χ0v) is 21.2. The quantitative estimate of drug-likeness (QED) is 0.482. The number of carbonyl (C=O) groups is 3. The molecule has 5 rings (SSSR count). The highest BCUT2D eigenvalue weighted by atomic mass is 16.6. The molecule has 8 nitrogen and oxygen atoms in total. The van der Waals surface area contributed by atoms with Crippen LogP contribution in [0, 0.1) is 16.7 Å². The first-order valence-electron chi connectivity index (χ1n) is 12.6.